The summed E-state index contributed by atoms with van der Waals surface area (Å²) in [6.07, 6.45) is 1.82. The van der Waals surface area contributed by atoms with Gasteiger partial charge in [-0.25, -0.2) is 0 Å². The summed E-state index contributed by atoms with van der Waals surface area (Å²) in [5, 5.41) is 10.6. The normalized spacial score (nSPS) is 12.7. The van der Waals surface area contributed by atoms with Gasteiger partial charge in [-0.05, 0) is 17.7 Å². The van der Waals surface area contributed by atoms with E-state index >= 15 is 0 Å². The van der Waals surface area contributed by atoms with Crippen LogP contribution in [0.5, 0.6) is 0 Å². The van der Waals surface area contributed by atoms with E-state index in [-0.39, 0.29) is 0 Å². The SMILES string of the molecule is OC(Cc1ccc(Cl)cc1)c1cncs1. The van der Waals surface area contributed by atoms with Crippen LogP contribution in [0.15, 0.2) is 36.0 Å². The highest BCUT2D eigenvalue weighted by atomic mass is 35.5. The highest BCUT2D eigenvalue weighted by molar-refractivity contribution is 7.09. The molecule has 0 saturated heterocycles. The molecule has 1 aromatic carbocycles. The van der Waals surface area contributed by atoms with Gasteiger partial charge in [0.2, 0.25) is 0 Å². The van der Waals surface area contributed by atoms with Gasteiger partial charge < -0.3 is 5.11 Å². The van der Waals surface area contributed by atoms with Gasteiger partial charge >= 0.3 is 0 Å². The minimum Gasteiger partial charge on any atom is -0.387 e. The number of aliphatic hydroxyl groups excluding tert-OH is 1. The molecule has 0 radical (unpaired) electrons. The monoisotopic (exact) mass is 239 g/mol. The van der Waals surface area contributed by atoms with Gasteiger partial charge in [-0.15, -0.1) is 11.3 Å². The second-order valence-electron chi connectivity index (χ2n) is 3.25. The van der Waals surface area contributed by atoms with Crippen LogP contribution in [0, 0.1) is 0 Å². The quantitative estimate of drug-likeness (QED) is 0.893. The maximum atomic E-state index is 9.87. The molecule has 1 aromatic heterocycles. The Morgan fingerprint density at radius 3 is 2.67 bits per heavy atom. The number of aliphatic hydroxyl groups is 1. The second-order valence-corrected chi connectivity index (χ2v) is 4.60. The lowest BCUT2D eigenvalue weighted by molar-refractivity contribution is 0.182. The van der Waals surface area contributed by atoms with Gasteiger partial charge in [-0.3, -0.25) is 4.98 Å². The van der Waals surface area contributed by atoms with Crippen LogP contribution in [0.1, 0.15) is 16.5 Å². The second kappa shape index (κ2) is 4.75. The molecule has 15 heavy (non-hydrogen) atoms. The third-order valence-electron chi connectivity index (χ3n) is 2.12. The summed E-state index contributed by atoms with van der Waals surface area (Å²) in [5.74, 6) is 0. The average Bonchev–Trinajstić information content (AvgIpc) is 2.74. The molecule has 1 unspecified atom stereocenters. The van der Waals surface area contributed by atoms with Crippen LogP contribution in [-0.4, -0.2) is 10.1 Å². The number of halogens is 1. The number of rotatable bonds is 3. The molecule has 1 N–H and O–H groups in total. The Bertz CT molecular complexity index is 413. The summed E-state index contributed by atoms with van der Waals surface area (Å²) in [7, 11) is 0. The van der Waals surface area contributed by atoms with E-state index in [0.717, 1.165) is 10.4 Å². The van der Waals surface area contributed by atoms with Crippen molar-refractivity contribution in [1.82, 2.24) is 4.98 Å². The summed E-state index contributed by atoms with van der Waals surface area (Å²) >= 11 is 7.24. The van der Waals surface area contributed by atoms with E-state index < -0.39 is 6.10 Å². The van der Waals surface area contributed by atoms with Crippen molar-refractivity contribution in [3.8, 4) is 0 Å². The first-order valence-electron chi connectivity index (χ1n) is 4.56. The summed E-state index contributed by atoms with van der Waals surface area (Å²) < 4.78 is 0. The first kappa shape index (κ1) is 10.6. The number of hydrogen-bond donors (Lipinski definition) is 1. The van der Waals surface area contributed by atoms with Crippen molar-refractivity contribution in [1.29, 1.82) is 0 Å². The highest BCUT2D eigenvalue weighted by Gasteiger charge is 2.09. The van der Waals surface area contributed by atoms with Crippen molar-refractivity contribution in [3.05, 3.63) is 51.4 Å². The summed E-state index contributed by atoms with van der Waals surface area (Å²) in [6.45, 7) is 0. The van der Waals surface area contributed by atoms with Gasteiger partial charge in [0.15, 0.2) is 0 Å². The van der Waals surface area contributed by atoms with Crippen molar-refractivity contribution in [2.45, 2.75) is 12.5 Å². The van der Waals surface area contributed by atoms with Crippen LogP contribution in [0.3, 0.4) is 0 Å². The molecule has 0 fully saturated rings. The molecule has 0 amide bonds. The Balaban J connectivity index is 2.06. The molecule has 2 aromatic rings. The van der Waals surface area contributed by atoms with E-state index in [9.17, 15) is 5.11 Å². The maximum Gasteiger partial charge on any atom is 0.0938 e. The molecule has 0 aliphatic rings. The van der Waals surface area contributed by atoms with Gasteiger partial charge in [-0.2, -0.15) is 0 Å². The minimum atomic E-state index is -0.473. The fraction of sp³-hybridized carbons (Fsp3) is 0.182. The van der Waals surface area contributed by atoms with E-state index in [4.69, 9.17) is 11.6 Å². The van der Waals surface area contributed by atoms with Crippen LogP contribution in [0.4, 0.5) is 0 Å². The topological polar surface area (TPSA) is 33.1 Å². The van der Waals surface area contributed by atoms with Crippen molar-refractivity contribution in [3.63, 3.8) is 0 Å². The van der Waals surface area contributed by atoms with Crippen LogP contribution in [0.2, 0.25) is 5.02 Å². The largest absolute Gasteiger partial charge is 0.387 e. The lowest BCUT2D eigenvalue weighted by atomic mass is 10.1. The number of benzene rings is 1. The number of aromatic nitrogens is 1. The molecule has 1 heterocycles. The van der Waals surface area contributed by atoms with Crippen LogP contribution < -0.4 is 0 Å². The van der Waals surface area contributed by atoms with E-state index in [0.29, 0.717) is 11.4 Å². The van der Waals surface area contributed by atoms with Crippen LogP contribution in [-0.2, 0) is 6.42 Å². The minimum absolute atomic E-state index is 0.473. The summed E-state index contributed by atoms with van der Waals surface area (Å²) in [6, 6.07) is 7.51. The zero-order valence-corrected chi connectivity index (χ0v) is 9.50. The molecule has 2 rings (SSSR count). The van der Waals surface area contributed by atoms with Crippen molar-refractivity contribution >= 4 is 22.9 Å². The van der Waals surface area contributed by atoms with E-state index in [2.05, 4.69) is 4.98 Å². The zero-order chi connectivity index (χ0) is 10.7. The predicted octanol–water partition coefficient (Wildman–Crippen LogP) is 3.07. The third-order valence-corrected chi connectivity index (χ3v) is 3.25. The molecule has 0 aliphatic carbocycles. The lowest BCUT2D eigenvalue weighted by Gasteiger charge is -2.07. The molecule has 0 saturated carbocycles. The number of hydrogen-bond acceptors (Lipinski definition) is 3. The molecule has 0 bridgehead atoms. The van der Waals surface area contributed by atoms with Gasteiger partial charge in [0, 0.05) is 17.6 Å². The van der Waals surface area contributed by atoms with Gasteiger partial charge in [0.05, 0.1) is 16.5 Å². The molecular formula is C11H10ClNOS. The summed E-state index contributed by atoms with van der Waals surface area (Å²) in [5.41, 5.74) is 2.79. The van der Waals surface area contributed by atoms with E-state index in [1.54, 1.807) is 11.7 Å². The molecule has 2 nitrogen and oxygen atoms in total. The van der Waals surface area contributed by atoms with Gasteiger partial charge in [0.1, 0.15) is 0 Å². The Hall–Kier alpha value is -0.900. The van der Waals surface area contributed by atoms with Gasteiger partial charge in [0.25, 0.3) is 0 Å². The lowest BCUT2D eigenvalue weighted by Crippen LogP contribution is -1.99. The van der Waals surface area contributed by atoms with E-state index in [1.165, 1.54) is 11.3 Å². The Kier molecular flexibility index (Phi) is 3.36. The fourth-order valence-corrected chi connectivity index (χ4v) is 2.07. The molecule has 4 heteroatoms. The zero-order valence-electron chi connectivity index (χ0n) is 7.93. The Morgan fingerprint density at radius 1 is 1.33 bits per heavy atom. The first-order valence-corrected chi connectivity index (χ1v) is 5.82. The molecule has 0 aliphatic heterocycles. The average molecular weight is 240 g/mol. The number of thiazole rings is 1. The van der Waals surface area contributed by atoms with Crippen molar-refractivity contribution in [2.24, 2.45) is 0 Å². The molecule has 78 valence electrons. The molecule has 1 atom stereocenters. The van der Waals surface area contributed by atoms with Crippen LogP contribution >= 0.6 is 22.9 Å². The molecule has 0 spiro atoms. The standard InChI is InChI=1S/C11H10ClNOS/c12-9-3-1-8(2-4-9)5-10(14)11-6-13-7-15-11/h1-4,6-7,10,14H,5H2. The predicted molar refractivity (Wildman–Crippen MR) is 62.2 cm³/mol. The maximum absolute atomic E-state index is 9.87. The summed E-state index contributed by atoms with van der Waals surface area (Å²) in [4.78, 5) is 4.83. The Labute approximate surface area is 97.2 Å². The van der Waals surface area contributed by atoms with E-state index in [1.807, 2.05) is 24.3 Å². The Morgan fingerprint density at radius 2 is 2.07 bits per heavy atom. The van der Waals surface area contributed by atoms with Crippen LogP contribution in [0.25, 0.3) is 0 Å². The first-order chi connectivity index (χ1) is 7.25. The van der Waals surface area contributed by atoms with Crippen molar-refractivity contribution in [2.75, 3.05) is 0 Å². The smallest absolute Gasteiger partial charge is 0.0938 e. The molecular weight excluding hydrogens is 230 g/mol. The fourth-order valence-electron chi connectivity index (χ4n) is 1.33. The van der Waals surface area contributed by atoms with Crippen molar-refractivity contribution < 1.29 is 5.11 Å². The van der Waals surface area contributed by atoms with Gasteiger partial charge in [-0.1, -0.05) is 23.7 Å². The third kappa shape index (κ3) is 2.78. The number of nitrogens with zero attached hydrogens (tertiary/aromatic N) is 1. The highest BCUT2D eigenvalue weighted by Crippen LogP contribution is 2.21.